The maximum atomic E-state index is 12.8. The Hall–Kier alpha value is -1.42. The van der Waals surface area contributed by atoms with Crippen molar-refractivity contribution in [3.05, 3.63) is 30.1 Å². The zero-order chi connectivity index (χ0) is 13.7. The molecule has 1 aliphatic heterocycles. The molecule has 4 nitrogen and oxygen atoms in total. The summed E-state index contributed by atoms with van der Waals surface area (Å²) in [6.07, 6.45) is 4.66. The van der Waals surface area contributed by atoms with E-state index in [2.05, 4.69) is 17.2 Å². The van der Waals surface area contributed by atoms with Gasteiger partial charge in [0.1, 0.15) is 0 Å². The molecule has 1 fully saturated rings. The van der Waals surface area contributed by atoms with Gasteiger partial charge in [0.15, 0.2) is 0 Å². The van der Waals surface area contributed by atoms with Gasteiger partial charge in [-0.05, 0) is 44.9 Å². The van der Waals surface area contributed by atoms with Crippen LogP contribution in [0, 0.1) is 0 Å². The van der Waals surface area contributed by atoms with Gasteiger partial charge < -0.3 is 10.2 Å². The number of likely N-dealkylation sites (N-methyl/N-ethyl adjacent to an activating group) is 1. The van der Waals surface area contributed by atoms with Crippen molar-refractivity contribution in [1.82, 2.24) is 15.2 Å². The van der Waals surface area contributed by atoms with Crippen molar-refractivity contribution in [2.45, 2.75) is 45.2 Å². The average Bonchev–Trinajstić information content (AvgIpc) is 2.95. The highest BCUT2D eigenvalue weighted by molar-refractivity contribution is 5.86. The van der Waals surface area contributed by atoms with E-state index >= 15 is 0 Å². The Kier molecular flexibility index (Phi) is 4.53. The molecule has 0 spiro atoms. The molecule has 0 saturated carbocycles. The van der Waals surface area contributed by atoms with E-state index in [9.17, 15) is 4.79 Å². The number of nitrogens with zero attached hydrogens (tertiary/aromatic N) is 2. The van der Waals surface area contributed by atoms with Crippen LogP contribution < -0.4 is 5.32 Å². The van der Waals surface area contributed by atoms with E-state index in [1.165, 1.54) is 0 Å². The van der Waals surface area contributed by atoms with Gasteiger partial charge in [0.2, 0.25) is 5.91 Å². The lowest BCUT2D eigenvalue weighted by atomic mass is 9.92. The quantitative estimate of drug-likeness (QED) is 0.881. The molecule has 4 heteroatoms. The second-order valence-corrected chi connectivity index (χ2v) is 5.11. The molecule has 1 amide bonds. The van der Waals surface area contributed by atoms with Crippen molar-refractivity contribution in [3.8, 4) is 0 Å². The summed E-state index contributed by atoms with van der Waals surface area (Å²) in [4.78, 5) is 19.0. The molecule has 2 rings (SSSR count). The van der Waals surface area contributed by atoms with Crippen LogP contribution in [0.2, 0.25) is 0 Å². The summed E-state index contributed by atoms with van der Waals surface area (Å²) in [5.74, 6) is 0.223. The second kappa shape index (κ2) is 6.15. The van der Waals surface area contributed by atoms with Gasteiger partial charge in [-0.2, -0.15) is 0 Å². The molecule has 1 atom stereocenters. The molecule has 0 aromatic carbocycles. The highest BCUT2D eigenvalue weighted by Gasteiger charge is 2.41. The number of hydrogen-bond donors (Lipinski definition) is 1. The van der Waals surface area contributed by atoms with E-state index < -0.39 is 0 Å². The molecule has 19 heavy (non-hydrogen) atoms. The Balaban J connectivity index is 2.11. The number of hydrogen-bond acceptors (Lipinski definition) is 3. The van der Waals surface area contributed by atoms with Crippen molar-refractivity contribution < 1.29 is 4.79 Å². The molecule has 1 saturated heterocycles. The number of carbonyl (C=O) groups excluding carboxylic acids is 1. The summed E-state index contributed by atoms with van der Waals surface area (Å²) in [6.45, 7) is 6.38. The zero-order valence-corrected chi connectivity index (χ0v) is 11.9. The molecule has 1 unspecified atom stereocenters. The highest BCUT2D eigenvalue weighted by atomic mass is 16.2. The maximum absolute atomic E-state index is 12.8. The first kappa shape index (κ1) is 14.0. The summed E-state index contributed by atoms with van der Waals surface area (Å²) in [5, 5.41) is 3.41. The van der Waals surface area contributed by atoms with Crippen LogP contribution in [0.25, 0.3) is 0 Å². The van der Waals surface area contributed by atoms with E-state index in [0.29, 0.717) is 6.54 Å². The van der Waals surface area contributed by atoms with Crippen LogP contribution in [0.3, 0.4) is 0 Å². The predicted molar refractivity (Wildman–Crippen MR) is 75.6 cm³/mol. The van der Waals surface area contributed by atoms with Crippen LogP contribution >= 0.6 is 0 Å². The third-order valence-corrected chi connectivity index (χ3v) is 4.00. The highest BCUT2D eigenvalue weighted by Crippen LogP contribution is 2.26. The van der Waals surface area contributed by atoms with Crippen LogP contribution in [0.1, 0.15) is 38.8 Å². The Morgan fingerprint density at radius 1 is 1.47 bits per heavy atom. The van der Waals surface area contributed by atoms with Crippen LogP contribution in [0.4, 0.5) is 0 Å². The monoisotopic (exact) mass is 261 g/mol. The van der Waals surface area contributed by atoms with Crippen LogP contribution in [0.15, 0.2) is 24.4 Å². The van der Waals surface area contributed by atoms with E-state index in [-0.39, 0.29) is 11.4 Å². The van der Waals surface area contributed by atoms with E-state index in [1.54, 1.807) is 6.20 Å². The molecule has 0 aliphatic carbocycles. The van der Waals surface area contributed by atoms with Gasteiger partial charge in [-0.3, -0.25) is 9.78 Å². The van der Waals surface area contributed by atoms with Crippen LogP contribution in [-0.2, 0) is 11.3 Å². The molecule has 1 aromatic heterocycles. The molecule has 0 bridgehead atoms. The summed E-state index contributed by atoms with van der Waals surface area (Å²) in [5.41, 5.74) is 0.604. The van der Waals surface area contributed by atoms with E-state index in [4.69, 9.17) is 0 Å². The first-order valence-electron chi connectivity index (χ1n) is 7.16. The second-order valence-electron chi connectivity index (χ2n) is 5.11. The van der Waals surface area contributed by atoms with Gasteiger partial charge in [0.25, 0.3) is 0 Å². The topological polar surface area (TPSA) is 45.2 Å². The fraction of sp³-hybridized carbons (Fsp3) is 0.600. The van der Waals surface area contributed by atoms with Gasteiger partial charge in [0, 0.05) is 12.7 Å². The van der Waals surface area contributed by atoms with Crippen LogP contribution in [0.5, 0.6) is 0 Å². The third kappa shape index (κ3) is 2.95. The number of aromatic nitrogens is 1. The number of amides is 1. The number of rotatable bonds is 5. The Morgan fingerprint density at radius 3 is 2.84 bits per heavy atom. The van der Waals surface area contributed by atoms with E-state index in [0.717, 1.165) is 38.0 Å². The zero-order valence-electron chi connectivity index (χ0n) is 11.9. The predicted octanol–water partition coefficient (Wildman–Crippen LogP) is 1.96. The SMILES string of the molecule is CCN(Cc1ccccn1)C(=O)C1(CC)CCCN1. The van der Waals surface area contributed by atoms with Crippen molar-refractivity contribution in [2.75, 3.05) is 13.1 Å². The van der Waals surface area contributed by atoms with Crippen LogP contribution in [-0.4, -0.2) is 34.4 Å². The lowest BCUT2D eigenvalue weighted by molar-refractivity contribution is -0.138. The molecule has 1 N–H and O–H groups in total. The molecule has 1 aromatic rings. The maximum Gasteiger partial charge on any atom is 0.243 e. The molecule has 0 radical (unpaired) electrons. The minimum atomic E-state index is -0.342. The molecular formula is C15H23N3O. The molecule has 2 heterocycles. The fourth-order valence-electron chi connectivity index (χ4n) is 2.76. The largest absolute Gasteiger partial charge is 0.335 e. The third-order valence-electron chi connectivity index (χ3n) is 4.00. The molecular weight excluding hydrogens is 238 g/mol. The smallest absolute Gasteiger partial charge is 0.243 e. The van der Waals surface area contributed by atoms with Crippen molar-refractivity contribution in [2.24, 2.45) is 0 Å². The van der Waals surface area contributed by atoms with Gasteiger partial charge in [-0.25, -0.2) is 0 Å². The Morgan fingerprint density at radius 2 is 2.32 bits per heavy atom. The van der Waals surface area contributed by atoms with Gasteiger partial charge in [-0.1, -0.05) is 13.0 Å². The van der Waals surface area contributed by atoms with Gasteiger partial charge in [-0.15, -0.1) is 0 Å². The average molecular weight is 261 g/mol. The standard InChI is InChI=1S/C15H23N3O/c1-3-15(9-7-11-17-15)14(19)18(4-2)12-13-8-5-6-10-16-13/h5-6,8,10,17H,3-4,7,9,11-12H2,1-2H3. The Bertz CT molecular complexity index is 413. The van der Waals surface area contributed by atoms with Crippen molar-refractivity contribution in [1.29, 1.82) is 0 Å². The summed E-state index contributed by atoms with van der Waals surface area (Å²) < 4.78 is 0. The fourth-order valence-corrected chi connectivity index (χ4v) is 2.76. The lowest BCUT2D eigenvalue weighted by Crippen LogP contribution is -2.54. The normalized spacial score (nSPS) is 22.4. The first-order valence-corrected chi connectivity index (χ1v) is 7.16. The molecule has 104 valence electrons. The molecule has 1 aliphatic rings. The van der Waals surface area contributed by atoms with Crippen molar-refractivity contribution in [3.63, 3.8) is 0 Å². The van der Waals surface area contributed by atoms with Crippen molar-refractivity contribution >= 4 is 5.91 Å². The minimum Gasteiger partial charge on any atom is -0.335 e. The minimum absolute atomic E-state index is 0.223. The Labute approximate surface area is 115 Å². The summed E-state index contributed by atoms with van der Waals surface area (Å²) >= 11 is 0. The first-order chi connectivity index (χ1) is 9.22. The number of pyridine rings is 1. The summed E-state index contributed by atoms with van der Waals surface area (Å²) in [7, 11) is 0. The summed E-state index contributed by atoms with van der Waals surface area (Å²) in [6, 6.07) is 5.83. The number of nitrogens with one attached hydrogen (secondary N) is 1. The van der Waals surface area contributed by atoms with E-state index in [1.807, 2.05) is 30.0 Å². The van der Waals surface area contributed by atoms with Gasteiger partial charge in [0.05, 0.1) is 17.8 Å². The van der Waals surface area contributed by atoms with Gasteiger partial charge >= 0.3 is 0 Å². The lowest BCUT2D eigenvalue weighted by Gasteiger charge is -2.33. The number of carbonyl (C=O) groups is 1.